The Bertz CT molecular complexity index is 801. The average Bonchev–Trinajstić information content (AvgIpc) is 3.00. The lowest BCUT2D eigenvalue weighted by Crippen LogP contribution is -2.15. The number of nitrogens with one attached hydrogen (secondary N) is 1. The fraction of sp³-hybridized carbons (Fsp3) is 0.235. The number of methoxy groups -OCH3 is 2. The summed E-state index contributed by atoms with van der Waals surface area (Å²) in [6.07, 6.45) is 2.28. The molecule has 0 saturated heterocycles. The average molecular weight is 361 g/mol. The van der Waals surface area contributed by atoms with Crippen LogP contribution < -0.4 is 20.5 Å². The maximum absolute atomic E-state index is 12.5. The number of primary amides is 1. The normalized spacial score (nSPS) is 10.2. The molecule has 132 valence electrons. The van der Waals surface area contributed by atoms with E-state index in [1.807, 2.05) is 0 Å². The van der Waals surface area contributed by atoms with Gasteiger partial charge >= 0.3 is 0 Å². The third kappa shape index (κ3) is 4.57. The Labute approximate surface area is 149 Å². The molecule has 0 radical (unpaired) electrons. The topological polar surface area (TPSA) is 104 Å². The smallest absolute Gasteiger partial charge is 0.257 e. The number of hydrogen-bond acceptors (Lipinski definition) is 6. The number of nitrogens with two attached hydrogens (primary N) is 1. The van der Waals surface area contributed by atoms with E-state index in [0.29, 0.717) is 34.3 Å². The van der Waals surface area contributed by atoms with Crippen LogP contribution in [0.2, 0.25) is 0 Å². The summed E-state index contributed by atoms with van der Waals surface area (Å²) >= 11 is 1.22. The van der Waals surface area contributed by atoms with E-state index in [4.69, 9.17) is 15.2 Å². The lowest BCUT2D eigenvalue weighted by atomic mass is 10.1. The molecule has 0 spiro atoms. The van der Waals surface area contributed by atoms with Gasteiger partial charge in [0, 0.05) is 16.5 Å². The Morgan fingerprint density at radius 1 is 1.36 bits per heavy atom. The third-order valence-corrected chi connectivity index (χ3v) is 4.12. The first-order valence-corrected chi connectivity index (χ1v) is 8.26. The predicted molar refractivity (Wildman–Crippen MR) is 96.4 cm³/mol. The Morgan fingerprint density at radius 3 is 2.72 bits per heavy atom. The van der Waals surface area contributed by atoms with E-state index in [9.17, 15) is 9.59 Å². The van der Waals surface area contributed by atoms with Crippen LogP contribution in [-0.2, 0) is 17.6 Å². The third-order valence-electron chi connectivity index (χ3n) is 3.31. The highest BCUT2D eigenvalue weighted by molar-refractivity contribution is 7.14. The minimum absolute atomic E-state index is 0.0339. The van der Waals surface area contributed by atoms with Crippen LogP contribution in [-0.4, -0.2) is 31.0 Å². The number of anilines is 1. The van der Waals surface area contributed by atoms with Crippen LogP contribution >= 0.6 is 11.3 Å². The van der Waals surface area contributed by atoms with Crippen molar-refractivity contribution in [2.24, 2.45) is 5.73 Å². The molecule has 0 unspecified atom stereocenters. The molecule has 2 amide bonds. The Morgan fingerprint density at radius 2 is 2.12 bits per heavy atom. The molecule has 7 nitrogen and oxygen atoms in total. The maximum atomic E-state index is 12.5. The van der Waals surface area contributed by atoms with Crippen LogP contribution in [0.25, 0.3) is 0 Å². The molecule has 8 heteroatoms. The Balaban J connectivity index is 2.26. The maximum Gasteiger partial charge on any atom is 0.257 e. The molecule has 0 aliphatic heterocycles. The molecule has 0 bridgehead atoms. The molecule has 0 fully saturated rings. The SMILES string of the molecule is C=CCc1cc(C(=O)Nc2nc(CC(N)=O)cs2)cc(OC)c1OC. The van der Waals surface area contributed by atoms with Crippen molar-refractivity contribution in [3.05, 3.63) is 47.0 Å². The van der Waals surface area contributed by atoms with Crippen molar-refractivity contribution in [1.29, 1.82) is 0 Å². The van der Waals surface area contributed by atoms with Gasteiger partial charge in [0.05, 0.1) is 26.3 Å². The van der Waals surface area contributed by atoms with Crippen molar-refractivity contribution in [2.45, 2.75) is 12.8 Å². The van der Waals surface area contributed by atoms with Crippen molar-refractivity contribution in [3.63, 3.8) is 0 Å². The number of carbonyl (C=O) groups excluding carboxylic acids is 2. The minimum Gasteiger partial charge on any atom is -0.493 e. The van der Waals surface area contributed by atoms with E-state index < -0.39 is 5.91 Å². The number of benzene rings is 1. The second-order valence-electron chi connectivity index (χ2n) is 5.10. The number of hydrogen-bond donors (Lipinski definition) is 2. The molecule has 3 N–H and O–H groups in total. The highest BCUT2D eigenvalue weighted by Gasteiger charge is 2.17. The van der Waals surface area contributed by atoms with Gasteiger partial charge in [0.25, 0.3) is 5.91 Å². The van der Waals surface area contributed by atoms with Crippen LogP contribution in [0.1, 0.15) is 21.6 Å². The standard InChI is InChI=1S/C17H19N3O4S/c1-4-5-10-6-11(7-13(23-2)15(10)24-3)16(22)20-17-19-12(9-25-17)8-14(18)21/h4,6-7,9H,1,5,8H2,2-3H3,(H2,18,21)(H,19,20,22). The number of allylic oxidation sites excluding steroid dienone is 1. The van der Waals surface area contributed by atoms with E-state index in [-0.39, 0.29) is 12.3 Å². The van der Waals surface area contributed by atoms with E-state index in [0.717, 1.165) is 5.56 Å². The van der Waals surface area contributed by atoms with Crippen molar-refractivity contribution >= 4 is 28.3 Å². The van der Waals surface area contributed by atoms with Crippen molar-refractivity contribution in [2.75, 3.05) is 19.5 Å². The van der Waals surface area contributed by atoms with Crippen LogP contribution in [0.5, 0.6) is 11.5 Å². The van der Waals surface area contributed by atoms with Gasteiger partial charge in [-0.25, -0.2) is 4.98 Å². The molecule has 0 aliphatic rings. The molecule has 1 aromatic heterocycles. The fourth-order valence-electron chi connectivity index (χ4n) is 2.27. The number of aromatic nitrogens is 1. The largest absolute Gasteiger partial charge is 0.493 e. The lowest BCUT2D eigenvalue weighted by Gasteiger charge is -2.14. The highest BCUT2D eigenvalue weighted by atomic mass is 32.1. The molecule has 0 aliphatic carbocycles. The number of ether oxygens (including phenoxy) is 2. The molecular formula is C17H19N3O4S. The summed E-state index contributed by atoms with van der Waals surface area (Å²) in [5, 5.41) is 4.77. The van der Waals surface area contributed by atoms with Gasteiger partial charge in [-0.15, -0.1) is 17.9 Å². The monoisotopic (exact) mass is 361 g/mol. The zero-order valence-electron chi connectivity index (χ0n) is 14.0. The molecular weight excluding hydrogens is 342 g/mol. The van der Waals surface area contributed by atoms with Gasteiger partial charge in [-0.1, -0.05) is 6.08 Å². The van der Waals surface area contributed by atoms with Crippen LogP contribution in [0.4, 0.5) is 5.13 Å². The summed E-state index contributed by atoms with van der Waals surface area (Å²) in [5.74, 6) is 0.209. The van der Waals surface area contributed by atoms with E-state index in [2.05, 4.69) is 16.9 Å². The summed E-state index contributed by atoms with van der Waals surface area (Å²) in [6, 6.07) is 3.31. The lowest BCUT2D eigenvalue weighted by molar-refractivity contribution is -0.117. The number of rotatable bonds is 8. The van der Waals surface area contributed by atoms with Gasteiger partial charge in [0.1, 0.15) is 0 Å². The van der Waals surface area contributed by atoms with Gasteiger partial charge in [-0.3, -0.25) is 14.9 Å². The molecule has 0 atom stereocenters. The molecule has 0 saturated carbocycles. The zero-order valence-corrected chi connectivity index (χ0v) is 14.8. The summed E-state index contributed by atoms with van der Waals surface area (Å²) < 4.78 is 10.7. The van der Waals surface area contributed by atoms with E-state index >= 15 is 0 Å². The number of amides is 2. The quantitative estimate of drug-likeness (QED) is 0.701. The van der Waals surface area contributed by atoms with Gasteiger partial charge in [-0.2, -0.15) is 0 Å². The Kier molecular flexibility index (Phi) is 6.13. The number of carbonyl (C=O) groups is 2. The summed E-state index contributed by atoms with van der Waals surface area (Å²) in [4.78, 5) is 27.6. The van der Waals surface area contributed by atoms with Crippen molar-refractivity contribution in [3.8, 4) is 11.5 Å². The molecule has 25 heavy (non-hydrogen) atoms. The van der Waals surface area contributed by atoms with Crippen molar-refractivity contribution in [1.82, 2.24) is 4.98 Å². The van der Waals surface area contributed by atoms with Gasteiger partial charge in [0.15, 0.2) is 16.6 Å². The van der Waals surface area contributed by atoms with Gasteiger partial charge in [-0.05, 0) is 18.6 Å². The first-order valence-electron chi connectivity index (χ1n) is 7.38. The number of nitrogens with zero attached hydrogens (tertiary/aromatic N) is 1. The summed E-state index contributed by atoms with van der Waals surface area (Å²) in [5.41, 5.74) is 6.85. The van der Waals surface area contributed by atoms with E-state index in [1.165, 1.54) is 18.4 Å². The fourth-order valence-corrected chi connectivity index (χ4v) is 2.98. The first kappa shape index (κ1) is 18.5. The zero-order chi connectivity index (χ0) is 18.4. The van der Waals surface area contributed by atoms with Gasteiger partial charge < -0.3 is 15.2 Å². The van der Waals surface area contributed by atoms with Crippen molar-refractivity contribution < 1.29 is 19.1 Å². The second kappa shape index (κ2) is 8.29. The van der Waals surface area contributed by atoms with E-state index in [1.54, 1.807) is 30.7 Å². The highest BCUT2D eigenvalue weighted by Crippen LogP contribution is 2.33. The predicted octanol–water partition coefficient (Wildman–Crippen LogP) is 2.17. The second-order valence-corrected chi connectivity index (χ2v) is 5.96. The summed E-state index contributed by atoms with van der Waals surface area (Å²) in [7, 11) is 3.05. The molecule has 1 heterocycles. The molecule has 2 aromatic rings. The Hall–Kier alpha value is -2.87. The minimum atomic E-state index is -0.475. The van der Waals surface area contributed by atoms with Crippen LogP contribution in [0.3, 0.4) is 0 Å². The molecule has 2 rings (SSSR count). The summed E-state index contributed by atoms with van der Waals surface area (Å²) in [6.45, 7) is 3.71. The molecule has 1 aromatic carbocycles. The van der Waals surface area contributed by atoms with Crippen LogP contribution in [0, 0.1) is 0 Å². The first-order chi connectivity index (χ1) is 12.0. The van der Waals surface area contributed by atoms with Gasteiger partial charge in [0.2, 0.25) is 5.91 Å². The van der Waals surface area contributed by atoms with Crippen LogP contribution in [0.15, 0.2) is 30.2 Å². The number of thiazole rings is 1.